The molecule has 0 unspecified atom stereocenters. The largest absolute Gasteiger partial charge is 0.489 e. The van der Waals surface area contributed by atoms with Crippen molar-refractivity contribution in [3.63, 3.8) is 0 Å². The van der Waals surface area contributed by atoms with E-state index in [1.807, 2.05) is 0 Å². The van der Waals surface area contributed by atoms with Gasteiger partial charge in [-0.05, 0) is 38.5 Å². The summed E-state index contributed by atoms with van der Waals surface area (Å²) < 4.78 is 24.8. The van der Waals surface area contributed by atoms with Crippen LogP contribution >= 0.6 is 23.2 Å². The van der Waals surface area contributed by atoms with Crippen molar-refractivity contribution in [2.75, 3.05) is 25.4 Å². The Morgan fingerprint density at radius 1 is 1.31 bits per heavy atom. The summed E-state index contributed by atoms with van der Waals surface area (Å²) in [7, 11) is 0. The van der Waals surface area contributed by atoms with Gasteiger partial charge in [-0.3, -0.25) is 0 Å². The van der Waals surface area contributed by atoms with Crippen molar-refractivity contribution in [1.29, 1.82) is 0 Å². The smallest absolute Gasteiger partial charge is 0.410 e. The van der Waals surface area contributed by atoms with Gasteiger partial charge < -0.3 is 25.2 Å². The second-order valence-electron chi connectivity index (χ2n) is 9.28. The van der Waals surface area contributed by atoms with E-state index in [0.29, 0.717) is 47.8 Å². The highest BCUT2D eigenvalue weighted by atomic mass is 35.5. The van der Waals surface area contributed by atoms with Crippen molar-refractivity contribution >= 4 is 35.1 Å². The van der Waals surface area contributed by atoms with E-state index < -0.39 is 23.1 Å². The minimum Gasteiger partial charge on any atom is -0.489 e. The summed E-state index contributed by atoms with van der Waals surface area (Å²) in [5, 5.41) is 11.1. The van der Waals surface area contributed by atoms with Crippen LogP contribution in [0.4, 0.5) is 15.0 Å². The van der Waals surface area contributed by atoms with Gasteiger partial charge >= 0.3 is 6.09 Å². The van der Waals surface area contributed by atoms with Gasteiger partial charge in [0.25, 0.3) is 0 Å². The normalized spacial score (nSPS) is 15.2. The fourth-order valence-corrected chi connectivity index (χ4v) is 3.96. The number of piperidine rings is 1. The van der Waals surface area contributed by atoms with Gasteiger partial charge in [-0.15, -0.1) is 0 Å². The zero-order valence-corrected chi connectivity index (χ0v) is 21.3. The Kier molecular flexibility index (Phi) is 8.37. The highest BCUT2D eigenvalue weighted by Gasteiger charge is 2.34. The number of hydrogen-bond donors (Lipinski definition) is 2. The lowest BCUT2D eigenvalue weighted by atomic mass is 9.92. The van der Waals surface area contributed by atoms with E-state index in [1.54, 1.807) is 31.7 Å². The number of amides is 1. The van der Waals surface area contributed by atoms with Crippen LogP contribution in [0.25, 0.3) is 0 Å². The molecule has 0 saturated carbocycles. The van der Waals surface area contributed by atoms with Gasteiger partial charge in [-0.1, -0.05) is 35.0 Å². The van der Waals surface area contributed by atoms with Gasteiger partial charge in [0.05, 0.1) is 11.6 Å². The van der Waals surface area contributed by atoms with E-state index in [0.717, 1.165) is 0 Å². The SMILES string of the molecule is CC(C)(C)OC(=O)N1CCC(O)(C#Cc2cnc(N)c(OCCc3c(Cl)ccc(F)c3Cl)c2)CC1. The van der Waals surface area contributed by atoms with Gasteiger partial charge in [0, 0.05) is 55.2 Å². The Morgan fingerprint density at radius 3 is 2.66 bits per heavy atom. The van der Waals surface area contributed by atoms with E-state index in [9.17, 15) is 14.3 Å². The number of pyridine rings is 1. The Hall–Kier alpha value is -2.73. The van der Waals surface area contributed by atoms with Crippen molar-refractivity contribution in [1.82, 2.24) is 9.88 Å². The molecule has 1 aromatic carbocycles. The van der Waals surface area contributed by atoms with E-state index in [1.165, 1.54) is 18.3 Å². The van der Waals surface area contributed by atoms with Crippen LogP contribution in [0.5, 0.6) is 5.75 Å². The van der Waals surface area contributed by atoms with Crippen LogP contribution in [-0.4, -0.2) is 52.0 Å². The highest BCUT2D eigenvalue weighted by Crippen LogP contribution is 2.29. The van der Waals surface area contributed by atoms with E-state index in [2.05, 4.69) is 16.8 Å². The summed E-state index contributed by atoms with van der Waals surface area (Å²) in [5.41, 5.74) is 5.02. The van der Waals surface area contributed by atoms with Crippen LogP contribution in [0.3, 0.4) is 0 Å². The molecule has 0 spiro atoms. The molecule has 35 heavy (non-hydrogen) atoms. The molecule has 1 aliphatic rings. The van der Waals surface area contributed by atoms with Gasteiger partial charge in [-0.2, -0.15) is 0 Å². The average Bonchev–Trinajstić information content (AvgIpc) is 2.78. The van der Waals surface area contributed by atoms with Gasteiger partial charge in [0.1, 0.15) is 17.0 Å². The lowest BCUT2D eigenvalue weighted by Crippen LogP contribution is -2.47. The average molecular weight is 524 g/mol. The maximum atomic E-state index is 13.7. The summed E-state index contributed by atoms with van der Waals surface area (Å²) in [6.07, 6.45) is 1.92. The molecular formula is C25H28Cl2FN3O4. The first kappa shape index (κ1) is 26.9. The fourth-order valence-electron chi connectivity index (χ4n) is 3.40. The number of hydrogen-bond acceptors (Lipinski definition) is 6. The fraction of sp³-hybridized carbons (Fsp3) is 0.440. The van der Waals surface area contributed by atoms with E-state index in [-0.39, 0.29) is 23.9 Å². The number of aliphatic hydroxyl groups is 1. The molecule has 10 heteroatoms. The maximum absolute atomic E-state index is 13.7. The number of nitrogen functional groups attached to an aromatic ring is 1. The standard InChI is InChI=1S/C25H28Cl2FN3O4/c1-24(2,3)35-23(32)31-11-9-25(33,10-12-31)8-6-16-14-20(22(29)30-15-16)34-13-7-17-18(26)4-5-19(28)21(17)27/h4-5,14-15,33H,7,9-13H2,1-3H3,(H2,29,30). The third-order valence-electron chi connectivity index (χ3n) is 5.31. The van der Waals surface area contributed by atoms with Crippen molar-refractivity contribution < 1.29 is 23.8 Å². The maximum Gasteiger partial charge on any atom is 0.410 e. The Bertz CT molecular complexity index is 1150. The van der Waals surface area contributed by atoms with Crippen LogP contribution < -0.4 is 10.5 Å². The monoisotopic (exact) mass is 523 g/mol. The first-order valence-corrected chi connectivity index (χ1v) is 11.9. The second-order valence-corrected chi connectivity index (χ2v) is 10.1. The topological polar surface area (TPSA) is 97.9 Å². The number of nitrogens with two attached hydrogens (primary N) is 1. The number of anilines is 1. The molecule has 2 heterocycles. The minimum absolute atomic E-state index is 0.0437. The zero-order valence-electron chi connectivity index (χ0n) is 19.8. The lowest BCUT2D eigenvalue weighted by molar-refractivity contribution is -0.00514. The van der Waals surface area contributed by atoms with Crippen molar-refractivity contribution in [3.05, 3.63) is 51.4 Å². The first-order valence-electron chi connectivity index (χ1n) is 11.1. The van der Waals surface area contributed by atoms with Crippen LogP contribution in [0.1, 0.15) is 44.7 Å². The molecule has 1 aromatic heterocycles. The molecule has 188 valence electrons. The van der Waals surface area contributed by atoms with Crippen LogP contribution in [0, 0.1) is 17.7 Å². The van der Waals surface area contributed by atoms with Crippen molar-refractivity contribution in [2.24, 2.45) is 0 Å². The highest BCUT2D eigenvalue weighted by molar-refractivity contribution is 6.36. The Balaban J connectivity index is 1.61. The number of carbonyl (C=O) groups excluding carboxylic acids is 1. The lowest BCUT2D eigenvalue weighted by Gasteiger charge is -2.35. The molecule has 0 atom stereocenters. The first-order chi connectivity index (χ1) is 16.4. The number of nitrogens with zero attached hydrogens (tertiary/aromatic N) is 2. The molecule has 1 aliphatic heterocycles. The third-order valence-corrected chi connectivity index (χ3v) is 6.07. The molecule has 1 saturated heterocycles. The molecule has 1 fully saturated rings. The van der Waals surface area contributed by atoms with E-state index in [4.69, 9.17) is 38.4 Å². The molecular weight excluding hydrogens is 496 g/mol. The molecule has 2 aromatic rings. The van der Waals surface area contributed by atoms with Crippen LogP contribution in [-0.2, 0) is 11.2 Å². The Morgan fingerprint density at radius 2 is 2.00 bits per heavy atom. The number of carbonyl (C=O) groups is 1. The number of ether oxygens (including phenoxy) is 2. The predicted octanol–water partition coefficient (Wildman–Crippen LogP) is 4.84. The molecule has 0 bridgehead atoms. The molecule has 0 aliphatic carbocycles. The predicted molar refractivity (Wildman–Crippen MR) is 133 cm³/mol. The molecule has 3 N–H and O–H groups in total. The molecule has 0 radical (unpaired) electrons. The molecule has 7 nitrogen and oxygen atoms in total. The number of halogens is 3. The van der Waals surface area contributed by atoms with Crippen LogP contribution in [0.2, 0.25) is 10.0 Å². The van der Waals surface area contributed by atoms with Gasteiger partial charge in [-0.25, -0.2) is 14.2 Å². The summed E-state index contributed by atoms with van der Waals surface area (Å²) in [5.74, 6) is 5.71. The summed E-state index contributed by atoms with van der Waals surface area (Å²) in [4.78, 5) is 17.9. The molecule has 1 amide bonds. The van der Waals surface area contributed by atoms with Crippen molar-refractivity contribution in [3.8, 4) is 17.6 Å². The summed E-state index contributed by atoms with van der Waals surface area (Å²) in [6, 6.07) is 4.25. The van der Waals surface area contributed by atoms with Crippen LogP contribution in [0.15, 0.2) is 24.4 Å². The Labute approximate surface area is 214 Å². The minimum atomic E-state index is -1.24. The third kappa shape index (κ3) is 7.38. The van der Waals surface area contributed by atoms with Gasteiger partial charge in [0.15, 0.2) is 11.6 Å². The molecule has 3 rings (SSSR count). The van der Waals surface area contributed by atoms with Crippen molar-refractivity contribution in [2.45, 2.75) is 51.2 Å². The second kappa shape index (κ2) is 10.9. The summed E-state index contributed by atoms with van der Waals surface area (Å²) >= 11 is 12.1. The number of rotatable bonds is 4. The van der Waals surface area contributed by atoms with Gasteiger partial charge in [0.2, 0.25) is 0 Å². The zero-order chi connectivity index (χ0) is 25.8. The summed E-state index contributed by atoms with van der Waals surface area (Å²) in [6.45, 7) is 6.22. The number of benzene rings is 1. The van der Waals surface area contributed by atoms with E-state index >= 15 is 0 Å². The number of likely N-dealkylation sites (tertiary alicyclic amines) is 1. The quantitative estimate of drug-likeness (QED) is 0.439. The number of aromatic nitrogens is 1.